The molecular formula is C22H24N6O2. The smallest absolute Gasteiger partial charge is 0.271 e. The molecule has 0 unspecified atom stereocenters. The maximum atomic E-state index is 12.7. The normalized spacial score (nSPS) is 13.7. The lowest BCUT2D eigenvalue weighted by molar-refractivity contribution is 0.102. The molecule has 1 amide bonds. The Hall–Kier alpha value is -3.68. The van der Waals surface area contributed by atoms with Crippen LogP contribution in [0, 0.1) is 0 Å². The number of aromatic nitrogens is 3. The summed E-state index contributed by atoms with van der Waals surface area (Å²) in [6, 6.07) is 10.9. The minimum atomic E-state index is -0.375. The van der Waals surface area contributed by atoms with Crippen LogP contribution in [-0.2, 0) is 0 Å². The summed E-state index contributed by atoms with van der Waals surface area (Å²) in [5.41, 5.74) is 2.72. The molecule has 4 rings (SSSR count). The first kappa shape index (κ1) is 19.6. The summed E-state index contributed by atoms with van der Waals surface area (Å²) < 4.78 is 0. The monoisotopic (exact) mass is 404 g/mol. The first-order chi connectivity index (χ1) is 14.6. The van der Waals surface area contributed by atoms with E-state index in [2.05, 4.69) is 30.5 Å². The number of pyridine rings is 1. The summed E-state index contributed by atoms with van der Waals surface area (Å²) in [5.74, 6) is 0.326. The van der Waals surface area contributed by atoms with E-state index < -0.39 is 0 Å². The standard InChI is InChI=1S/C22H24N6O2/c1-23-20-12-18(25-14-26-20)16-11-19(22(30)24-13-16)27-21(29)15-5-7-17(8-6-15)28-9-3-2-4-10-28/h5-8,11-14H,2-4,9-10H2,1H3,(H,24,30)(H,27,29)(H,23,25,26). The van der Waals surface area contributed by atoms with Crippen LogP contribution in [0.3, 0.4) is 0 Å². The lowest BCUT2D eigenvalue weighted by Crippen LogP contribution is -2.29. The van der Waals surface area contributed by atoms with E-state index in [0.717, 1.165) is 18.8 Å². The molecule has 1 aliphatic rings. The minimum Gasteiger partial charge on any atom is -0.373 e. The molecule has 2 aromatic heterocycles. The van der Waals surface area contributed by atoms with Crippen molar-refractivity contribution >= 4 is 23.1 Å². The summed E-state index contributed by atoms with van der Waals surface area (Å²) in [6.45, 7) is 2.10. The highest BCUT2D eigenvalue weighted by Gasteiger charge is 2.14. The van der Waals surface area contributed by atoms with E-state index in [1.807, 2.05) is 12.1 Å². The number of rotatable bonds is 5. The molecule has 1 aliphatic heterocycles. The number of anilines is 3. The fourth-order valence-electron chi connectivity index (χ4n) is 3.55. The average Bonchev–Trinajstić information content (AvgIpc) is 2.81. The molecular weight excluding hydrogens is 380 g/mol. The van der Waals surface area contributed by atoms with Crippen molar-refractivity contribution in [1.82, 2.24) is 15.0 Å². The number of amides is 1. The molecule has 3 N–H and O–H groups in total. The van der Waals surface area contributed by atoms with Gasteiger partial charge in [0.05, 0.1) is 5.69 Å². The lowest BCUT2D eigenvalue weighted by atomic mass is 10.1. The predicted molar refractivity (Wildman–Crippen MR) is 118 cm³/mol. The van der Waals surface area contributed by atoms with Gasteiger partial charge in [0.2, 0.25) is 0 Å². The Kier molecular flexibility index (Phi) is 5.74. The van der Waals surface area contributed by atoms with Gasteiger partial charge in [0, 0.05) is 49.2 Å². The van der Waals surface area contributed by atoms with Crippen LogP contribution in [0.5, 0.6) is 0 Å². The van der Waals surface area contributed by atoms with Crippen molar-refractivity contribution in [2.24, 2.45) is 0 Å². The summed E-state index contributed by atoms with van der Waals surface area (Å²) in [4.78, 5) is 38.2. The molecule has 0 spiro atoms. The van der Waals surface area contributed by atoms with Gasteiger partial charge in [-0.15, -0.1) is 0 Å². The van der Waals surface area contributed by atoms with Crippen molar-refractivity contribution in [3.63, 3.8) is 0 Å². The predicted octanol–water partition coefficient (Wildman–Crippen LogP) is 3.12. The van der Waals surface area contributed by atoms with Gasteiger partial charge in [-0.3, -0.25) is 9.59 Å². The zero-order valence-electron chi connectivity index (χ0n) is 16.8. The van der Waals surface area contributed by atoms with Gasteiger partial charge in [0.15, 0.2) is 0 Å². The Labute approximate surface area is 174 Å². The molecule has 154 valence electrons. The second-order valence-corrected chi connectivity index (χ2v) is 7.22. The number of hydrogen-bond acceptors (Lipinski definition) is 6. The molecule has 3 heterocycles. The summed E-state index contributed by atoms with van der Waals surface area (Å²) >= 11 is 0. The van der Waals surface area contributed by atoms with Crippen LogP contribution in [0.4, 0.5) is 17.2 Å². The number of H-pyrrole nitrogens is 1. The van der Waals surface area contributed by atoms with Crippen LogP contribution in [-0.4, -0.2) is 41.0 Å². The van der Waals surface area contributed by atoms with Crippen LogP contribution in [0.1, 0.15) is 29.6 Å². The van der Waals surface area contributed by atoms with Crippen molar-refractivity contribution < 1.29 is 4.79 Å². The number of aromatic amines is 1. The average molecular weight is 404 g/mol. The maximum absolute atomic E-state index is 12.7. The maximum Gasteiger partial charge on any atom is 0.271 e. The number of carbonyl (C=O) groups excluding carboxylic acids is 1. The van der Waals surface area contributed by atoms with Crippen molar-refractivity contribution in [2.45, 2.75) is 19.3 Å². The van der Waals surface area contributed by atoms with Gasteiger partial charge in [0.25, 0.3) is 11.5 Å². The van der Waals surface area contributed by atoms with E-state index in [0.29, 0.717) is 22.6 Å². The van der Waals surface area contributed by atoms with Crippen molar-refractivity contribution in [1.29, 1.82) is 0 Å². The minimum absolute atomic E-state index is 0.169. The molecule has 0 saturated carbocycles. The molecule has 8 nitrogen and oxygen atoms in total. The number of hydrogen-bond donors (Lipinski definition) is 3. The molecule has 3 aromatic rings. The van der Waals surface area contributed by atoms with Crippen molar-refractivity contribution in [3.8, 4) is 11.3 Å². The molecule has 0 radical (unpaired) electrons. The molecule has 1 saturated heterocycles. The molecule has 0 aliphatic carbocycles. The SMILES string of the molecule is CNc1cc(-c2c[nH]c(=O)c(NC(=O)c3ccc(N4CCCCC4)cc3)c2)ncn1. The Bertz CT molecular complexity index is 1090. The van der Waals surface area contributed by atoms with Crippen LogP contribution in [0.15, 0.2) is 53.7 Å². The quantitative estimate of drug-likeness (QED) is 0.604. The number of nitrogens with zero attached hydrogens (tertiary/aromatic N) is 3. The van der Waals surface area contributed by atoms with Crippen LogP contribution in [0.2, 0.25) is 0 Å². The lowest BCUT2D eigenvalue weighted by Gasteiger charge is -2.28. The number of nitrogens with one attached hydrogen (secondary N) is 3. The highest BCUT2D eigenvalue weighted by molar-refractivity contribution is 6.04. The zero-order valence-corrected chi connectivity index (χ0v) is 16.8. The van der Waals surface area contributed by atoms with Crippen LogP contribution in [0.25, 0.3) is 11.3 Å². The van der Waals surface area contributed by atoms with Gasteiger partial charge < -0.3 is 20.5 Å². The number of benzene rings is 1. The fourth-order valence-corrected chi connectivity index (χ4v) is 3.55. The third-order valence-corrected chi connectivity index (χ3v) is 5.22. The second kappa shape index (κ2) is 8.77. The third kappa shape index (κ3) is 4.32. The highest BCUT2D eigenvalue weighted by Crippen LogP contribution is 2.22. The summed E-state index contributed by atoms with van der Waals surface area (Å²) in [5, 5.41) is 5.66. The topological polar surface area (TPSA) is 103 Å². The van der Waals surface area contributed by atoms with Gasteiger partial charge in [-0.05, 0) is 49.6 Å². The Morgan fingerprint density at radius 3 is 2.57 bits per heavy atom. The van der Waals surface area contributed by atoms with E-state index >= 15 is 0 Å². The van der Waals surface area contributed by atoms with Gasteiger partial charge >= 0.3 is 0 Å². The number of carbonyl (C=O) groups is 1. The molecule has 1 fully saturated rings. The van der Waals surface area contributed by atoms with Gasteiger partial charge in [-0.1, -0.05) is 0 Å². The second-order valence-electron chi connectivity index (χ2n) is 7.22. The van der Waals surface area contributed by atoms with E-state index in [1.54, 1.807) is 37.5 Å². The molecule has 0 atom stereocenters. The van der Waals surface area contributed by atoms with Crippen LogP contribution >= 0.6 is 0 Å². The van der Waals surface area contributed by atoms with Gasteiger partial charge in [0.1, 0.15) is 17.8 Å². The molecule has 1 aromatic carbocycles. The van der Waals surface area contributed by atoms with E-state index in [4.69, 9.17) is 0 Å². The van der Waals surface area contributed by atoms with Crippen molar-refractivity contribution in [3.05, 3.63) is 64.8 Å². The van der Waals surface area contributed by atoms with E-state index in [-0.39, 0.29) is 17.2 Å². The molecule has 8 heteroatoms. The van der Waals surface area contributed by atoms with Gasteiger partial charge in [-0.2, -0.15) is 0 Å². The van der Waals surface area contributed by atoms with E-state index in [9.17, 15) is 9.59 Å². The van der Waals surface area contributed by atoms with E-state index in [1.165, 1.54) is 25.6 Å². The fraction of sp³-hybridized carbons (Fsp3) is 0.273. The summed E-state index contributed by atoms with van der Waals surface area (Å²) in [6.07, 6.45) is 6.67. The number of piperidine rings is 1. The first-order valence-corrected chi connectivity index (χ1v) is 10.0. The highest BCUT2D eigenvalue weighted by atomic mass is 16.2. The molecule has 0 bridgehead atoms. The molecule has 30 heavy (non-hydrogen) atoms. The Balaban J connectivity index is 1.52. The third-order valence-electron chi connectivity index (χ3n) is 5.22. The first-order valence-electron chi connectivity index (χ1n) is 10.0. The Morgan fingerprint density at radius 2 is 1.83 bits per heavy atom. The largest absolute Gasteiger partial charge is 0.373 e. The van der Waals surface area contributed by atoms with Crippen LogP contribution < -0.4 is 21.1 Å². The zero-order chi connectivity index (χ0) is 20.9. The Morgan fingerprint density at radius 1 is 1.07 bits per heavy atom. The summed E-state index contributed by atoms with van der Waals surface area (Å²) in [7, 11) is 1.77. The van der Waals surface area contributed by atoms with Gasteiger partial charge in [-0.25, -0.2) is 9.97 Å². The van der Waals surface area contributed by atoms with Crippen molar-refractivity contribution in [2.75, 3.05) is 35.7 Å².